The van der Waals surface area contributed by atoms with Crippen molar-refractivity contribution in [3.63, 3.8) is 0 Å². The number of benzene rings is 1. The number of hydrogen-bond acceptors (Lipinski definition) is 3. The van der Waals surface area contributed by atoms with Gasteiger partial charge in [-0.15, -0.1) is 0 Å². The molecule has 19 heavy (non-hydrogen) atoms. The van der Waals surface area contributed by atoms with Gasteiger partial charge in [-0.3, -0.25) is 4.31 Å². The Kier molecular flexibility index (Phi) is 4.14. The largest absolute Gasteiger partial charge is 0.497 e. The third kappa shape index (κ3) is 3.10. The number of nitrogens with zero attached hydrogens (tertiary/aromatic N) is 1. The van der Waals surface area contributed by atoms with Crippen LogP contribution in [-0.2, 0) is 10.0 Å². The number of ether oxygens (including phenoxy) is 1. The van der Waals surface area contributed by atoms with Gasteiger partial charge < -0.3 is 4.74 Å². The molecule has 0 radical (unpaired) electrons. The maximum atomic E-state index is 12.1. The zero-order chi connectivity index (χ0) is 13.9. The van der Waals surface area contributed by atoms with E-state index in [4.69, 9.17) is 4.74 Å². The Bertz CT molecular complexity index is 532. The molecule has 1 saturated carbocycles. The molecule has 4 nitrogen and oxygen atoms in total. The van der Waals surface area contributed by atoms with Gasteiger partial charge in [0.1, 0.15) is 5.75 Å². The van der Waals surface area contributed by atoms with Crippen LogP contribution in [0.15, 0.2) is 36.3 Å². The SMILES string of the molecule is C=CS(=O)(=O)N(CC1CCC1)c1ccc(OC)cc1. The average molecular weight is 281 g/mol. The smallest absolute Gasteiger partial charge is 0.256 e. The van der Waals surface area contributed by atoms with E-state index < -0.39 is 10.0 Å². The average Bonchev–Trinajstić information content (AvgIpc) is 2.37. The van der Waals surface area contributed by atoms with Gasteiger partial charge in [0.15, 0.2) is 0 Å². The quantitative estimate of drug-likeness (QED) is 0.805. The van der Waals surface area contributed by atoms with Crippen LogP contribution in [0.25, 0.3) is 0 Å². The third-order valence-corrected chi connectivity index (χ3v) is 4.92. The fourth-order valence-electron chi connectivity index (χ4n) is 2.10. The highest BCUT2D eigenvalue weighted by molar-refractivity contribution is 7.95. The molecular formula is C14H19NO3S. The number of methoxy groups -OCH3 is 1. The summed E-state index contributed by atoms with van der Waals surface area (Å²) in [6.07, 6.45) is 3.38. The van der Waals surface area contributed by atoms with Gasteiger partial charge in [-0.25, -0.2) is 8.42 Å². The first-order chi connectivity index (χ1) is 9.06. The van der Waals surface area contributed by atoms with Crippen LogP contribution in [-0.4, -0.2) is 22.1 Å². The van der Waals surface area contributed by atoms with Gasteiger partial charge >= 0.3 is 0 Å². The van der Waals surface area contributed by atoms with E-state index in [9.17, 15) is 8.42 Å². The molecule has 0 unspecified atom stereocenters. The standard InChI is InChI=1S/C14H19NO3S/c1-3-19(16,17)15(11-12-5-4-6-12)13-7-9-14(18-2)10-8-13/h3,7-10,12H,1,4-6,11H2,2H3. The molecule has 0 atom stereocenters. The molecule has 0 N–H and O–H groups in total. The van der Waals surface area contributed by atoms with Crippen LogP contribution in [0.5, 0.6) is 5.75 Å². The Hall–Kier alpha value is -1.49. The van der Waals surface area contributed by atoms with E-state index in [1.54, 1.807) is 31.4 Å². The van der Waals surface area contributed by atoms with Crippen molar-refractivity contribution in [2.24, 2.45) is 5.92 Å². The molecule has 0 saturated heterocycles. The number of anilines is 1. The molecule has 1 aromatic rings. The molecule has 1 aromatic carbocycles. The van der Waals surface area contributed by atoms with E-state index in [1.807, 2.05) is 0 Å². The normalized spacial score (nSPS) is 15.6. The Morgan fingerprint density at radius 2 is 2.00 bits per heavy atom. The Labute approximate surface area is 114 Å². The van der Waals surface area contributed by atoms with Crippen LogP contribution < -0.4 is 9.04 Å². The van der Waals surface area contributed by atoms with Crippen LogP contribution >= 0.6 is 0 Å². The fraction of sp³-hybridized carbons (Fsp3) is 0.429. The molecule has 1 aliphatic carbocycles. The predicted molar refractivity (Wildman–Crippen MR) is 76.8 cm³/mol. The highest BCUT2D eigenvalue weighted by Crippen LogP contribution is 2.31. The fourth-order valence-corrected chi connectivity index (χ4v) is 3.12. The van der Waals surface area contributed by atoms with Gasteiger partial charge in [-0.05, 0) is 43.0 Å². The zero-order valence-electron chi connectivity index (χ0n) is 11.1. The lowest BCUT2D eigenvalue weighted by Gasteiger charge is -2.32. The van der Waals surface area contributed by atoms with E-state index in [0.717, 1.165) is 18.2 Å². The lowest BCUT2D eigenvalue weighted by molar-refractivity contribution is 0.326. The molecule has 0 aromatic heterocycles. The zero-order valence-corrected chi connectivity index (χ0v) is 11.9. The maximum absolute atomic E-state index is 12.1. The summed E-state index contributed by atoms with van der Waals surface area (Å²) < 4.78 is 30.7. The van der Waals surface area contributed by atoms with Crippen molar-refractivity contribution in [2.45, 2.75) is 19.3 Å². The molecule has 0 heterocycles. The van der Waals surface area contributed by atoms with Crippen molar-refractivity contribution < 1.29 is 13.2 Å². The molecule has 1 fully saturated rings. The van der Waals surface area contributed by atoms with Gasteiger partial charge in [0.2, 0.25) is 0 Å². The Morgan fingerprint density at radius 1 is 1.37 bits per heavy atom. The molecule has 5 heteroatoms. The molecule has 0 amide bonds. The second-order valence-corrected chi connectivity index (χ2v) is 6.54. The summed E-state index contributed by atoms with van der Waals surface area (Å²) in [5.74, 6) is 1.17. The van der Waals surface area contributed by atoms with E-state index in [1.165, 1.54) is 10.7 Å². The summed E-state index contributed by atoms with van der Waals surface area (Å²) >= 11 is 0. The first-order valence-electron chi connectivity index (χ1n) is 6.36. The summed E-state index contributed by atoms with van der Waals surface area (Å²) in [7, 11) is -1.86. The second-order valence-electron chi connectivity index (χ2n) is 4.74. The molecular weight excluding hydrogens is 262 g/mol. The predicted octanol–water partition coefficient (Wildman–Crippen LogP) is 2.78. The Balaban J connectivity index is 2.26. The summed E-state index contributed by atoms with van der Waals surface area (Å²) in [6, 6.07) is 7.06. The highest BCUT2D eigenvalue weighted by atomic mass is 32.2. The first kappa shape index (κ1) is 13.9. The van der Waals surface area contributed by atoms with Gasteiger partial charge in [-0.2, -0.15) is 0 Å². The summed E-state index contributed by atoms with van der Waals surface area (Å²) in [5.41, 5.74) is 0.660. The third-order valence-electron chi connectivity index (χ3n) is 3.53. The molecule has 2 rings (SSSR count). The van der Waals surface area contributed by atoms with E-state index in [0.29, 0.717) is 23.9 Å². The second kappa shape index (κ2) is 5.65. The minimum Gasteiger partial charge on any atom is -0.497 e. The molecule has 0 spiro atoms. The lowest BCUT2D eigenvalue weighted by Crippen LogP contribution is -2.36. The van der Waals surface area contributed by atoms with Gasteiger partial charge in [-0.1, -0.05) is 13.0 Å². The van der Waals surface area contributed by atoms with Crippen LogP contribution in [0.1, 0.15) is 19.3 Å². The number of rotatable bonds is 6. The molecule has 104 valence electrons. The van der Waals surface area contributed by atoms with Crippen molar-refractivity contribution in [1.82, 2.24) is 0 Å². The molecule has 0 aliphatic heterocycles. The van der Waals surface area contributed by atoms with E-state index >= 15 is 0 Å². The van der Waals surface area contributed by atoms with Gasteiger partial charge in [0.25, 0.3) is 10.0 Å². The monoisotopic (exact) mass is 281 g/mol. The van der Waals surface area contributed by atoms with Crippen LogP contribution in [0.4, 0.5) is 5.69 Å². The lowest BCUT2D eigenvalue weighted by atomic mass is 9.85. The number of hydrogen-bond donors (Lipinski definition) is 0. The van der Waals surface area contributed by atoms with Crippen LogP contribution in [0.2, 0.25) is 0 Å². The topological polar surface area (TPSA) is 46.6 Å². The first-order valence-corrected chi connectivity index (χ1v) is 7.86. The van der Waals surface area contributed by atoms with E-state index in [-0.39, 0.29) is 0 Å². The van der Waals surface area contributed by atoms with Crippen LogP contribution in [0.3, 0.4) is 0 Å². The highest BCUT2D eigenvalue weighted by Gasteiger charge is 2.26. The van der Waals surface area contributed by atoms with Crippen molar-refractivity contribution in [3.05, 3.63) is 36.3 Å². The van der Waals surface area contributed by atoms with Crippen molar-refractivity contribution in [1.29, 1.82) is 0 Å². The maximum Gasteiger partial charge on any atom is 0.256 e. The van der Waals surface area contributed by atoms with Crippen LogP contribution in [0, 0.1) is 5.92 Å². The minimum absolute atomic E-state index is 0.455. The Morgan fingerprint density at radius 3 is 2.42 bits per heavy atom. The van der Waals surface area contributed by atoms with Crippen molar-refractivity contribution in [2.75, 3.05) is 18.0 Å². The van der Waals surface area contributed by atoms with Crippen molar-refractivity contribution >= 4 is 15.7 Å². The van der Waals surface area contributed by atoms with Gasteiger partial charge in [0.05, 0.1) is 12.8 Å². The summed E-state index contributed by atoms with van der Waals surface area (Å²) in [5, 5.41) is 1.01. The minimum atomic E-state index is -3.45. The molecule has 0 bridgehead atoms. The summed E-state index contributed by atoms with van der Waals surface area (Å²) in [4.78, 5) is 0. The summed E-state index contributed by atoms with van der Waals surface area (Å²) in [6.45, 7) is 3.94. The molecule has 1 aliphatic rings. The van der Waals surface area contributed by atoms with Gasteiger partial charge in [0, 0.05) is 12.0 Å². The van der Waals surface area contributed by atoms with E-state index in [2.05, 4.69) is 6.58 Å². The number of sulfonamides is 1. The van der Waals surface area contributed by atoms with Crippen molar-refractivity contribution in [3.8, 4) is 5.75 Å².